The lowest BCUT2D eigenvalue weighted by atomic mass is 10.1. The Bertz CT molecular complexity index is 1210. The molecule has 0 unspecified atom stereocenters. The number of fused-ring (bicyclic) bond motifs is 1. The van der Waals surface area contributed by atoms with Gasteiger partial charge in [-0.25, -0.2) is 17.9 Å². The summed E-state index contributed by atoms with van der Waals surface area (Å²) in [6, 6.07) is 8.67. The number of hydrogen-bond donors (Lipinski definition) is 2. The van der Waals surface area contributed by atoms with Crippen LogP contribution in [0.3, 0.4) is 0 Å². The largest absolute Gasteiger partial charge is 0.362 e. The Kier molecular flexibility index (Phi) is 6.42. The highest BCUT2D eigenvalue weighted by Crippen LogP contribution is 2.26. The van der Waals surface area contributed by atoms with Crippen molar-refractivity contribution < 1.29 is 13.2 Å². The number of benzene rings is 1. The molecule has 30 heavy (non-hydrogen) atoms. The molecule has 0 saturated heterocycles. The van der Waals surface area contributed by atoms with E-state index >= 15 is 0 Å². The summed E-state index contributed by atoms with van der Waals surface area (Å²) in [5.41, 5.74) is 1.78. The summed E-state index contributed by atoms with van der Waals surface area (Å²) in [6.07, 6.45) is 5.49. The highest BCUT2D eigenvalue weighted by atomic mass is 35.5. The van der Waals surface area contributed by atoms with Gasteiger partial charge in [0.1, 0.15) is 11.2 Å². The van der Waals surface area contributed by atoms with Gasteiger partial charge in [0.25, 0.3) is 5.91 Å². The highest BCUT2D eigenvalue weighted by molar-refractivity contribution is 7.93. The van der Waals surface area contributed by atoms with E-state index in [4.69, 9.17) is 11.6 Å². The number of carbonyl (C=O) groups excluding carboxylic acids is 1. The zero-order valence-corrected chi connectivity index (χ0v) is 18.3. The molecule has 0 fully saturated rings. The standard InChI is InChI=1S/C20H22ClN5O3S/c1-13(9-11-30(3,28)29)24-20(27)18-12-22-19(17-8-10-23-26(17)18)25-14(2)15-6-4-5-7-16(15)21/h4-14H,1-3H3,(H,22,25)(H,24,27)/b11-9+/t13-,14+/m1/s1. The molecule has 0 aliphatic heterocycles. The van der Waals surface area contributed by atoms with Crippen LogP contribution < -0.4 is 10.6 Å². The number of amides is 1. The first-order valence-electron chi connectivity index (χ1n) is 9.18. The highest BCUT2D eigenvalue weighted by Gasteiger charge is 2.18. The van der Waals surface area contributed by atoms with Crippen LogP contribution in [0.5, 0.6) is 0 Å². The number of sulfone groups is 1. The fourth-order valence-electron chi connectivity index (χ4n) is 2.89. The summed E-state index contributed by atoms with van der Waals surface area (Å²) < 4.78 is 24.0. The Morgan fingerprint density at radius 1 is 1.23 bits per heavy atom. The van der Waals surface area contributed by atoms with Crippen LogP contribution in [0.15, 0.2) is 54.2 Å². The molecule has 0 aliphatic carbocycles. The maximum atomic E-state index is 12.7. The molecule has 158 valence electrons. The third kappa shape index (κ3) is 5.17. The van der Waals surface area contributed by atoms with Gasteiger partial charge in [-0.15, -0.1) is 0 Å². The molecule has 10 heteroatoms. The van der Waals surface area contributed by atoms with Crippen LogP contribution in [0.1, 0.15) is 35.9 Å². The first-order chi connectivity index (χ1) is 14.2. The summed E-state index contributed by atoms with van der Waals surface area (Å²) in [7, 11) is -3.27. The van der Waals surface area contributed by atoms with E-state index in [-0.39, 0.29) is 11.7 Å². The number of rotatable bonds is 7. The monoisotopic (exact) mass is 447 g/mol. The molecule has 0 saturated carbocycles. The van der Waals surface area contributed by atoms with Gasteiger partial charge in [0.05, 0.1) is 18.4 Å². The number of hydrogen-bond acceptors (Lipinski definition) is 6. The number of nitrogens with zero attached hydrogens (tertiary/aromatic N) is 3. The molecule has 2 aromatic heterocycles. The van der Waals surface area contributed by atoms with Gasteiger partial charge in [0.2, 0.25) is 0 Å². The van der Waals surface area contributed by atoms with Gasteiger partial charge in [0, 0.05) is 22.7 Å². The summed E-state index contributed by atoms with van der Waals surface area (Å²) in [5, 5.41) is 12.0. The summed E-state index contributed by atoms with van der Waals surface area (Å²) >= 11 is 6.28. The van der Waals surface area contributed by atoms with Crippen LogP contribution >= 0.6 is 11.6 Å². The number of halogens is 1. The quantitative estimate of drug-likeness (QED) is 0.576. The van der Waals surface area contributed by atoms with Crippen LogP contribution in [0, 0.1) is 0 Å². The summed E-state index contributed by atoms with van der Waals surface area (Å²) in [5.74, 6) is 0.133. The molecule has 1 aromatic carbocycles. The Morgan fingerprint density at radius 2 is 1.97 bits per heavy atom. The predicted molar refractivity (Wildman–Crippen MR) is 117 cm³/mol. The Labute approximate surface area is 179 Å². The number of anilines is 1. The molecule has 0 radical (unpaired) electrons. The minimum absolute atomic E-state index is 0.120. The van der Waals surface area contributed by atoms with E-state index in [1.54, 1.807) is 19.2 Å². The number of nitrogens with one attached hydrogen (secondary N) is 2. The van der Waals surface area contributed by atoms with E-state index in [2.05, 4.69) is 20.7 Å². The Morgan fingerprint density at radius 3 is 2.67 bits per heavy atom. The SMILES string of the molecule is C[C@H](/C=C/S(C)(=O)=O)NC(=O)c1cnc(N[C@@H](C)c2ccccc2Cl)c2ccnn12. The van der Waals surface area contributed by atoms with E-state index in [1.807, 2.05) is 31.2 Å². The van der Waals surface area contributed by atoms with Crippen LogP contribution in [0.4, 0.5) is 5.82 Å². The van der Waals surface area contributed by atoms with Gasteiger partial charge >= 0.3 is 0 Å². The topological polar surface area (TPSA) is 105 Å². The smallest absolute Gasteiger partial charge is 0.272 e. The predicted octanol–water partition coefficient (Wildman–Crippen LogP) is 3.23. The molecule has 2 N–H and O–H groups in total. The van der Waals surface area contributed by atoms with Crippen molar-refractivity contribution in [2.75, 3.05) is 11.6 Å². The lowest BCUT2D eigenvalue weighted by molar-refractivity contribution is 0.0939. The van der Waals surface area contributed by atoms with Crippen molar-refractivity contribution in [2.45, 2.75) is 25.9 Å². The second kappa shape index (κ2) is 8.85. The fraction of sp³-hybridized carbons (Fsp3) is 0.250. The van der Waals surface area contributed by atoms with Crippen LogP contribution in [0.2, 0.25) is 5.02 Å². The van der Waals surface area contributed by atoms with Crippen molar-refractivity contribution in [3.05, 3.63) is 70.5 Å². The molecular weight excluding hydrogens is 426 g/mol. The average molecular weight is 448 g/mol. The third-order valence-electron chi connectivity index (χ3n) is 4.36. The number of aromatic nitrogens is 3. The molecule has 3 aromatic rings. The maximum Gasteiger partial charge on any atom is 0.272 e. The molecule has 2 atom stereocenters. The van der Waals surface area contributed by atoms with Gasteiger partial charge in [0.15, 0.2) is 15.7 Å². The van der Waals surface area contributed by atoms with Crippen molar-refractivity contribution in [1.29, 1.82) is 0 Å². The molecule has 3 rings (SSSR count). The fourth-order valence-corrected chi connectivity index (χ4v) is 3.71. The molecule has 0 spiro atoms. The van der Waals surface area contributed by atoms with Gasteiger partial charge in [-0.2, -0.15) is 5.10 Å². The second-order valence-corrected chi connectivity index (χ2v) is 9.27. The average Bonchev–Trinajstić information content (AvgIpc) is 3.16. The summed E-state index contributed by atoms with van der Waals surface area (Å²) in [4.78, 5) is 17.1. The summed E-state index contributed by atoms with van der Waals surface area (Å²) in [6.45, 7) is 3.64. The van der Waals surface area contributed by atoms with E-state index in [9.17, 15) is 13.2 Å². The van der Waals surface area contributed by atoms with Gasteiger partial charge < -0.3 is 10.6 Å². The molecule has 8 nitrogen and oxygen atoms in total. The number of carbonyl (C=O) groups is 1. The van der Waals surface area contributed by atoms with Gasteiger partial charge in [-0.05, 0) is 31.5 Å². The normalized spacial score (nSPS) is 14.0. The molecular formula is C20H22ClN5O3S. The first-order valence-corrected chi connectivity index (χ1v) is 11.5. The van der Waals surface area contributed by atoms with E-state index in [0.717, 1.165) is 17.2 Å². The molecule has 0 bridgehead atoms. The Hall–Kier alpha value is -2.91. The van der Waals surface area contributed by atoms with E-state index in [1.165, 1.54) is 16.8 Å². The van der Waals surface area contributed by atoms with E-state index in [0.29, 0.717) is 16.4 Å². The molecule has 0 aliphatic rings. The lowest BCUT2D eigenvalue weighted by Crippen LogP contribution is -2.33. The van der Waals surface area contributed by atoms with Crippen LogP contribution in [0.25, 0.3) is 5.52 Å². The minimum atomic E-state index is -3.27. The zero-order chi connectivity index (χ0) is 21.9. The van der Waals surface area contributed by atoms with Crippen LogP contribution in [-0.2, 0) is 9.84 Å². The van der Waals surface area contributed by atoms with Gasteiger partial charge in [-0.3, -0.25) is 4.79 Å². The Balaban J connectivity index is 1.83. The van der Waals surface area contributed by atoms with Gasteiger partial charge in [-0.1, -0.05) is 35.9 Å². The van der Waals surface area contributed by atoms with Crippen molar-refractivity contribution in [1.82, 2.24) is 19.9 Å². The van der Waals surface area contributed by atoms with Crippen molar-refractivity contribution in [3.8, 4) is 0 Å². The second-order valence-electron chi connectivity index (χ2n) is 6.93. The zero-order valence-electron chi connectivity index (χ0n) is 16.7. The minimum Gasteiger partial charge on any atom is -0.362 e. The van der Waals surface area contributed by atoms with Crippen molar-refractivity contribution in [3.63, 3.8) is 0 Å². The molecule has 2 heterocycles. The van der Waals surface area contributed by atoms with Crippen LogP contribution in [-0.4, -0.2) is 41.2 Å². The van der Waals surface area contributed by atoms with Crippen molar-refractivity contribution >= 4 is 38.7 Å². The van der Waals surface area contributed by atoms with E-state index < -0.39 is 21.8 Å². The van der Waals surface area contributed by atoms with Crippen molar-refractivity contribution in [2.24, 2.45) is 0 Å². The third-order valence-corrected chi connectivity index (χ3v) is 5.36. The molecule has 1 amide bonds. The lowest BCUT2D eigenvalue weighted by Gasteiger charge is -2.18. The maximum absolute atomic E-state index is 12.7. The first kappa shape index (κ1) is 21.8.